The van der Waals surface area contributed by atoms with Crippen molar-refractivity contribution in [3.05, 3.63) is 47.2 Å². The van der Waals surface area contributed by atoms with Crippen LogP contribution >= 0.6 is 11.6 Å². The van der Waals surface area contributed by atoms with Crippen LogP contribution in [0.25, 0.3) is 0 Å². The third kappa shape index (κ3) is 3.52. The van der Waals surface area contributed by atoms with Crippen molar-refractivity contribution in [2.75, 3.05) is 6.61 Å². The van der Waals surface area contributed by atoms with Gasteiger partial charge in [-0.25, -0.2) is 0 Å². The fourth-order valence-electron chi connectivity index (χ4n) is 2.07. The summed E-state index contributed by atoms with van der Waals surface area (Å²) in [5, 5.41) is 8.31. The largest absolute Gasteiger partial charge is 0.490 e. The lowest BCUT2D eigenvalue weighted by atomic mass is 10.2. The molecular weight excluding hydrogens is 274 g/mol. The predicted octanol–water partition coefficient (Wildman–Crippen LogP) is 2.87. The van der Waals surface area contributed by atoms with Crippen LogP contribution in [0.2, 0.25) is 5.02 Å². The lowest BCUT2D eigenvalue weighted by molar-refractivity contribution is 0.288. The Morgan fingerprint density at radius 2 is 2.25 bits per heavy atom. The summed E-state index contributed by atoms with van der Waals surface area (Å²) in [4.78, 5) is 0. The van der Waals surface area contributed by atoms with Gasteiger partial charge in [0.1, 0.15) is 12.4 Å². The van der Waals surface area contributed by atoms with Crippen molar-refractivity contribution in [3.8, 4) is 5.75 Å². The molecule has 0 spiro atoms. The van der Waals surface area contributed by atoms with Gasteiger partial charge >= 0.3 is 0 Å². The first-order valence-corrected chi connectivity index (χ1v) is 7.32. The summed E-state index contributed by atoms with van der Waals surface area (Å²) >= 11 is 6.25. The Kier molecular flexibility index (Phi) is 4.23. The van der Waals surface area contributed by atoms with E-state index in [0.29, 0.717) is 24.2 Å². The first kappa shape index (κ1) is 13.5. The van der Waals surface area contributed by atoms with Crippen molar-refractivity contribution in [2.24, 2.45) is 0 Å². The Hall–Kier alpha value is -1.52. The van der Waals surface area contributed by atoms with Crippen molar-refractivity contribution < 1.29 is 4.74 Å². The van der Waals surface area contributed by atoms with E-state index < -0.39 is 0 Å². The van der Waals surface area contributed by atoms with Crippen LogP contribution in [0.15, 0.2) is 36.7 Å². The molecular formula is C15H18ClN3O. The van der Waals surface area contributed by atoms with Crippen LogP contribution in [0.3, 0.4) is 0 Å². The minimum atomic E-state index is 0.557. The van der Waals surface area contributed by atoms with E-state index in [1.807, 2.05) is 29.1 Å². The van der Waals surface area contributed by atoms with Gasteiger partial charge in [0.2, 0.25) is 0 Å². The minimum Gasteiger partial charge on any atom is -0.490 e. The Bertz CT molecular complexity index is 552. The number of nitrogens with one attached hydrogen (secondary N) is 1. The van der Waals surface area contributed by atoms with E-state index in [0.717, 1.165) is 17.9 Å². The van der Waals surface area contributed by atoms with Gasteiger partial charge in [-0.3, -0.25) is 4.68 Å². The average Bonchev–Trinajstić information content (AvgIpc) is 3.14. The van der Waals surface area contributed by atoms with Crippen molar-refractivity contribution in [3.63, 3.8) is 0 Å². The zero-order valence-electron chi connectivity index (χ0n) is 11.3. The first-order valence-electron chi connectivity index (χ1n) is 6.94. The lowest BCUT2D eigenvalue weighted by Gasteiger charge is -2.13. The Labute approximate surface area is 123 Å². The predicted molar refractivity (Wildman–Crippen MR) is 79.0 cm³/mol. The van der Waals surface area contributed by atoms with Gasteiger partial charge < -0.3 is 10.1 Å². The molecule has 20 heavy (non-hydrogen) atoms. The van der Waals surface area contributed by atoms with E-state index in [-0.39, 0.29) is 0 Å². The summed E-state index contributed by atoms with van der Waals surface area (Å²) in [5.41, 5.74) is 1.12. The minimum absolute atomic E-state index is 0.557. The highest BCUT2D eigenvalue weighted by molar-refractivity contribution is 6.32. The number of halogens is 1. The van der Waals surface area contributed by atoms with Crippen LogP contribution in [0.1, 0.15) is 18.4 Å². The van der Waals surface area contributed by atoms with Crippen LogP contribution in [-0.2, 0) is 13.1 Å². The molecule has 0 amide bonds. The second-order valence-corrected chi connectivity index (χ2v) is 5.41. The molecule has 0 aliphatic heterocycles. The summed E-state index contributed by atoms with van der Waals surface area (Å²) in [6.07, 6.45) is 6.23. The maximum atomic E-state index is 6.25. The maximum absolute atomic E-state index is 6.25. The molecule has 1 fully saturated rings. The van der Waals surface area contributed by atoms with Gasteiger partial charge in [-0.15, -0.1) is 0 Å². The van der Waals surface area contributed by atoms with Crippen LogP contribution in [0.5, 0.6) is 5.75 Å². The molecule has 0 atom stereocenters. The summed E-state index contributed by atoms with van der Waals surface area (Å²) in [7, 11) is 0. The normalized spacial score (nSPS) is 14.4. The molecule has 5 heteroatoms. The number of nitrogens with zero attached hydrogens (tertiary/aromatic N) is 2. The Morgan fingerprint density at radius 1 is 1.35 bits per heavy atom. The average molecular weight is 292 g/mol. The molecule has 1 N–H and O–H groups in total. The Morgan fingerprint density at radius 3 is 3.00 bits per heavy atom. The van der Waals surface area contributed by atoms with Crippen LogP contribution < -0.4 is 10.1 Å². The van der Waals surface area contributed by atoms with Crippen molar-refractivity contribution in [1.82, 2.24) is 15.1 Å². The summed E-state index contributed by atoms with van der Waals surface area (Å²) in [5.74, 6) is 0.787. The molecule has 0 bridgehead atoms. The highest BCUT2D eigenvalue weighted by atomic mass is 35.5. The first-order chi connectivity index (χ1) is 9.83. The van der Waals surface area contributed by atoms with Crippen LogP contribution in [0.4, 0.5) is 0 Å². The molecule has 1 aliphatic carbocycles. The summed E-state index contributed by atoms with van der Waals surface area (Å²) in [6, 6.07) is 8.47. The number of rotatable bonds is 7. The second-order valence-electron chi connectivity index (χ2n) is 5.00. The van der Waals surface area contributed by atoms with E-state index in [1.165, 1.54) is 12.8 Å². The lowest BCUT2D eigenvalue weighted by Crippen LogP contribution is -2.17. The third-order valence-corrected chi connectivity index (χ3v) is 3.63. The molecule has 1 aliphatic rings. The van der Waals surface area contributed by atoms with Crippen LogP contribution in [-0.4, -0.2) is 22.4 Å². The van der Waals surface area contributed by atoms with Gasteiger partial charge in [0.25, 0.3) is 0 Å². The number of hydrogen-bond acceptors (Lipinski definition) is 3. The van der Waals surface area contributed by atoms with Crippen molar-refractivity contribution in [2.45, 2.75) is 32.0 Å². The molecule has 0 unspecified atom stereocenters. The van der Waals surface area contributed by atoms with E-state index in [1.54, 1.807) is 6.20 Å². The quantitative estimate of drug-likeness (QED) is 0.852. The zero-order chi connectivity index (χ0) is 13.8. The molecule has 0 saturated heterocycles. The smallest absolute Gasteiger partial charge is 0.142 e. The maximum Gasteiger partial charge on any atom is 0.142 e. The molecule has 3 rings (SSSR count). The molecule has 0 radical (unpaired) electrons. The number of benzene rings is 1. The third-order valence-electron chi connectivity index (χ3n) is 3.33. The second kappa shape index (κ2) is 6.29. The van der Waals surface area contributed by atoms with Gasteiger partial charge in [0.15, 0.2) is 0 Å². The van der Waals surface area contributed by atoms with E-state index in [4.69, 9.17) is 16.3 Å². The van der Waals surface area contributed by atoms with E-state index in [2.05, 4.69) is 16.5 Å². The van der Waals surface area contributed by atoms with Gasteiger partial charge in [0.05, 0.1) is 11.6 Å². The van der Waals surface area contributed by atoms with Gasteiger partial charge in [0, 0.05) is 30.5 Å². The molecule has 106 valence electrons. The highest BCUT2D eigenvalue weighted by Crippen LogP contribution is 2.29. The van der Waals surface area contributed by atoms with Crippen molar-refractivity contribution >= 4 is 11.6 Å². The number of para-hydroxylation sites is 1. The van der Waals surface area contributed by atoms with Crippen molar-refractivity contribution in [1.29, 1.82) is 0 Å². The SMILES string of the molecule is Clc1cccc(CNC2CC2)c1OCCn1cccn1. The van der Waals surface area contributed by atoms with Gasteiger partial charge in [-0.1, -0.05) is 23.7 Å². The standard InChI is InChI=1S/C15H18ClN3O/c16-14-4-1-3-12(11-17-13-5-6-13)15(14)20-10-9-19-8-2-7-18-19/h1-4,7-8,13,17H,5-6,9-11H2. The fourth-order valence-corrected chi connectivity index (χ4v) is 2.32. The molecule has 4 nitrogen and oxygen atoms in total. The Balaban J connectivity index is 1.60. The summed E-state index contributed by atoms with van der Waals surface area (Å²) in [6.45, 7) is 2.08. The zero-order valence-corrected chi connectivity index (χ0v) is 12.0. The molecule has 2 aromatic rings. The van der Waals surface area contributed by atoms with Gasteiger partial charge in [-0.2, -0.15) is 5.10 Å². The summed E-state index contributed by atoms with van der Waals surface area (Å²) < 4.78 is 7.71. The molecule has 1 saturated carbocycles. The molecule has 1 aromatic heterocycles. The highest BCUT2D eigenvalue weighted by Gasteiger charge is 2.21. The number of aromatic nitrogens is 2. The molecule has 1 aromatic carbocycles. The fraction of sp³-hybridized carbons (Fsp3) is 0.400. The molecule has 1 heterocycles. The number of ether oxygens (including phenoxy) is 1. The van der Waals surface area contributed by atoms with Crippen LogP contribution in [0, 0.1) is 0 Å². The monoisotopic (exact) mass is 291 g/mol. The number of hydrogen-bond donors (Lipinski definition) is 1. The van der Waals surface area contributed by atoms with E-state index >= 15 is 0 Å². The topological polar surface area (TPSA) is 39.1 Å². The van der Waals surface area contributed by atoms with Gasteiger partial charge in [-0.05, 0) is 25.0 Å². The van der Waals surface area contributed by atoms with E-state index in [9.17, 15) is 0 Å².